The van der Waals surface area contributed by atoms with Gasteiger partial charge >= 0.3 is 5.97 Å². The van der Waals surface area contributed by atoms with Crippen LogP contribution in [0.2, 0.25) is 0 Å². The summed E-state index contributed by atoms with van der Waals surface area (Å²) in [6.45, 7) is 5.08. The summed E-state index contributed by atoms with van der Waals surface area (Å²) in [6.07, 6.45) is 0. The minimum atomic E-state index is -0.676. The molecule has 0 aliphatic heterocycles. The molecular weight excluding hydrogens is 156 g/mol. The highest BCUT2D eigenvalue weighted by molar-refractivity contribution is 5.75. The summed E-state index contributed by atoms with van der Waals surface area (Å²) in [5.41, 5.74) is 0. The van der Waals surface area contributed by atoms with Crippen molar-refractivity contribution in [2.24, 2.45) is 5.92 Å². The molecule has 68 valence electrons. The number of nitrogens with one attached hydrogen (secondary N) is 1. The monoisotopic (exact) mass is 170 g/mol. The van der Waals surface area contributed by atoms with Gasteiger partial charge in [-0.2, -0.15) is 5.26 Å². The molecule has 0 amide bonds. The molecule has 0 spiro atoms. The number of rotatable bonds is 5. The molecular formula is C8H14N2O2. The lowest BCUT2D eigenvalue weighted by Gasteiger charge is -2.07. The lowest BCUT2D eigenvalue weighted by Crippen LogP contribution is -2.28. The highest BCUT2D eigenvalue weighted by atomic mass is 16.5. The maximum atomic E-state index is 11.0. The SMILES string of the molecule is CCNCC(C#N)C(=O)OCC. The summed E-state index contributed by atoms with van der Waals surface area (Å²) in [7, 11) is 0. The molecule has 0 saturated heterocycles. The Morgan fingerprint density at radius 1 is 1.67 bits per heavy atom. The second-order valence-electron chi connectivity index (χ2n) is 2.24. The minimum Gasteiger partial charge on any atom is -0.465 e. The van der Waals surface area contributed by atoms with Crippen molar-refractivity contribution >= 4 is 5.97 Å². The van der Waals surface area contributed by atoms with Gasteiger partial charge in [0, 0.05) is 6.54 Å². The van der Waals surface area contributed by atoms with Gasteiger partial charge in [-0.15, -0.1) is 0 Å². The van der Waals surface area contributed by atoms with Gasteiger partial charge in [0.15, 0.2) is 5.92 Å². The molecule has 0 radical (unpaired) electrons. The number of carbonyl (C=O) groups is 1. The third-order valence-corrected chi connectivity index (χ3v) is 1.33. The number of carbonyl (C=O) groups excluding carboxylic acids is 1. The molecule has 12 heavy (non-hydrogen) atoms. The number of esters is 1. The van der Waals surface area contributed by atoms with E-state index in [1.54, 1.807) is 6.92 Å². The second kappa shape index (κ2) is 6.62. The average Bonchev–Trinajstić information content (AvgIpc) is 2.06. The molecule has 0 heterocycles. The Balaban J connectivity index is 3.81. The fourth-order valence-electron chi connectivity index (χ4n) is 0.713. The Morgan fingerprint density at radius 2 is 2.33 bits per heavy atom. The van der Waals surface area contributed by atoms with Crippen LogP contribution in [0.3, 0.4) is 0 Å². The first kappa shape index (κ1) is 10.9. The Labute approximate surface area is 72.5 Å². The van der Waals surface area contributed by atoms with Crippen molar-refractivity contribution in [2.75, 3.05) is 19.7 Å². The van der Waals surface area contributed by atoms with Crippen LogP contribution in [0.4, 0.5) is 0 Å². The van der Waals surface area contributed by atoms with Crippen LogP contribution in [-0.4, -0.2) is 25.7 Å². The average molecular weight is 170 g/mol. The van der Waals surface area contributed by atoms with Crippen LogP contribution in [0.15, 0.2) is 0 Å². The van der Waals surface area contributed by atoms with Crippen molar-refractivity contribution in [3.05, 3.63) is 0 Å². The highest BCUT2D eigenvalue weighted by Gasteiger charge is 2.17. The van der Waals surface area contributed by atoms with Gasteiger partial charge in [-0.3, -0.25) is 4.79 Å². The van der Waals surface area contributed by atoms with Crippen LogP contribution >= 0.6 is 0 Å². The van der Waals surface area contributed by atoms with E-state index in [9.17, 15) is 4.79 Å². The third-order valence-electron chi connectivity index (χ3n) is 1.33. The zero-order chi connectivity index (χ0) is 9.40. The Hall–Kier alpha value is -1.08. The molecule has 0 rings (SSSR count). The predicted octanol–water partition coefficient (Wildman–Crippen LogP) is 0.299. The lowest BCUT2D eigenvalue weighted by molar-refractivity contribution is -0.145. The summed E-state index contributed by atoms with van der Waals surface area (Å²) in [5.74, 6) is -1.12. The molecule has 1 atom stereocenters. The van der Waals surface area contributed by atoms with E-state index in [2.05, 4.69) is 5.32 Å². The molecule has 0 aliphatic rings. The van der Waals surface area contributed by atoms with Crippen LogP contribution in [-0.2, 0) is 9.53 Å². The van der Waals surface area contributed by atoms with Gasteiger partial charge in [0.25, 0.3) is 0 Å². The molecule has 0 aromatic heterocycles. The number of hydrogen-bond acceptors (Lipinski definition) is 4. The van der Waals surface area contributed by atoms with Crippen LogP contribution in [0.5, 0.6) is 0 Å². The summed E-state index contributed by atoms with van der Waals surface area (Å²) < 4.78 is 4.69. The molecule has 4 heteroatoms. The van der Waals surface area contributed by atoms with Crippen molar-refractivity contribution < 1.29 is 9.53 Å². The van der Waals surface area contributed by atoms with Gasteiger partial charge in [-0.25, -0.2) is 0 Å². The van der Waals surface area contributed by atoms with Crippen LogP contribution in [0.1, 0.15) is 13.8 Å². The van der Waals surface area contributed by atoms with Crippen molar-refractivity contribution in [3.63, 3.8) is 0 Å². The molecule has 0 fully saturated rings. The van der Waals surface area contributed by atoms with E-state index in [0.29, 0.717) is 13.2 Å². The third kappa shape index (κ3) is 3.94. The normalized spacial score (nSPS) is 11.8. The fraction of sp³-hybridized carbons (Fsp3) is 0.750. The molecule has 4 nitrogen and oxygen atoms in total. The molecule has 0 aliphatic carbocycles. The largest absolute Gasteiger partial charge is 0.465 e. The second-order valence-corrected chi connectivity index (χ2v) is 2.24. The van der Waals surface area contributed by atoms with E-state index >= 15 is 0 Å². The lowest BCUT2D eigenvalue weighted by atomic mass is 10.2. The van der Waals surface area contributed by atoms with Gasteiger partial charge in [0.1, 0.15) is 0 Å². The standard InChI is InChI=1S/C8H14N2O2/c1-3-10-6-7(5-9)8(11)12-4-2/h7,10H,3-4,6H2,1-2H3. The fourth-order valence-corrected chi connectivity index (χ4v) is 0.713. The van der Waals surface area contributed by atoms with E-state index < -0.39 is 11.9 Å². The maximum Gasteiger partial charge on any atom is 0.324 e. The maximum absolute atomic E-state index is 11.0. The number of hydrogen-bond donors (Lipinski definition) is 1. The van der Waals surface area contributed by atoms with Crippen LogP contribution < -0.4 is 5.32 Å². The first-order valence-corrected chi connectivity index (χ1v) is 4.03. The number of nitriles is 1. The zero-order valence-corrected chi connectivity index (χ0v) is 7.46. The molecule has 0 saturated carbocycles. The van der Waals surface area contributed by atoms with Crippen molar-refractivity contribution in [3.8, 4) is 6.07 Å². The molecule has 1 unspecified atom stereocenters. The van der Waals surface area contributed by atoms with Crippen LogP contribution in [0.25, 0.3) is 0 Å². The van der Waals surface area contributed by atoms with Crippen LogP contribution in [0, 0.1) is 17.2 Å². The summed E-state index contributed by atoms with van der Waals surface area (Å²) in [5, 5.41) is 11.5. The van der Waals surface area contributed by atoms with E-state index in [-0.39, 0.29) is 0 Å². The molecule has 0 bridgehead atoms. The number of nitrogens with zero attached hydrogens (tertiary/aromatic N) is 1. The minimum absolute atomic E-state index is 0.323. The first-order valence-electron chi connectivity index (χ1n) is 4.03. The van der Waals surface area contributed by atoms with Gasteiger partial charge in [-0.1, -0.05) is 6.92 Å². The zero-order valence-electron chi connectivity index (χ0n) is 7.46. The van der Waals surface area contributed by atoms with E-state index in [1.165, 1.54) is 0 Å². The number of ether oxygens (including phenoxy) is 1. The van der Waals surface area contributed by atoms with E-state index in [0.717, 1.165) is 6.54 Å². The summed E-state index contributed by atoms with van der Waals surface area (Å²) in [4.78, 5) is 11.0. The van der Waals surface area contributed by atoms with E-state index in [4.69, 9.17) is 10.00 Å². The van der Waals surface area contributed by atoms with Crippen molar-refractivity contribution in [2.45, 2.75) is 13.8 Å². The van der Waals surface area contributed by atoms with Gasteiger partial charge in [0.05, 0.1) is 12.7 Å². The smallest absolute Gasteiger partial charge is 0.324 e. The Kier molecular flexibility index (Phi) is 6.02. The summed E-state index contributed by atoms with van der Waals surface area (Å²) >= 11 is 0. The van der Waals surface area contributed by atoms with Crippen molar-refractivity contribution in [1.82, 2.24) is 5.32 Å². The Bertz CT molecular complexity index is 174. The van der Waals surface area contributed by atoms with Gasteiger partial charge < -0.3 is 10.1 Å². The molecule has 0 aromatic carbocycles. The van der Waals surface area contributed by atoms with E-state index in [1.807, 2.05) is 13.0 Å². The van der Waals surface area contributed by atoms with Gasteiger partial charge in [-0.05, 0) is 13.5 Å². The molecule has 1 N–H and O–H groups in total. The first-order chi connectivity index (χ1) is 5.76. The Morgan fingerprint density at radius 3 is 2.75 bits per heavy atom. The van der Waals surface area contributed by atoms with Crippen molar-refractivity contribution in [1.29, 1.82) is 5.26 Å². The van der Waals surface area contributed by atoms with Gasteiger partial charge in [0.2, 0.25) is 0 Å². The highest BCUT2D eigenvalue weighted by Crippen LogP contribution is 1.96. The summed E-state index contributed by atoms with van der Waals surface area (Å²) in [6, 6.07) is 1.88. The predicted molar refractivity (Wildman–Crippen MR) is 44.3 cm³/mol. The topological polar surface area (TPSA) is 62.1 Å². The molecule has 0 aromatic rings. The quantitative estimate of drug-likeness (QED) is 0.603.